The zero-order valence-corrected chi connectivity index (χ0v) is 7.92. The van der Waals surface area contributed by atoms with Crippen molar-refractivity contribution in [2.75, 3.05) is 0 Å². The molecule has 0 aliphatic carbocycles. The van der Waals surface area contributed by atoms with Crippen molar-refractivity contribution in [1.82, 2.24) is 0 Å². The molecule has 0 rings (SSSR count). The van der Waals surface area contributed by atoms with Crippen molar-refractivity contribution in [2.24, 2.45) is 5.92 Å². The molecule has 0 saturated carbocycles. The highest BCUT2D eigenvalue weighted by Gasteiger charge is 2.19. The number of rotatable bonds is 7. The van der Waals surface area contributed by atoms with Crippen LogP contribution in [0.1, 0.15) is 19.3 Å². The molecule has 0 aliphatic heterocycles. The quantitative estimate of drug-likeness (QED) is 0.537. The minimum Gasteiger partial charge on any atom is -0.481 e. The fraction of sp³-hybridized carbons (Fsp3) is 0.444. The first kappa shape index (κ1) is 13.2. The number of allylic oxidation sites excluding steroid dienone is 1. The molecule has 0 fully saturated rings. The molecular formula is C9H12O6. The summed E-state index contributed by atoms with van der Waals surface area (Å²) in [6.07, 6.45) is 2.04. The van der Waals surface area contributed by atoms with Gasteiger partial charge in [-0.2, -0.15) is 0 Å². The number of hydrogen-bond acceptors (Lipinski definition) is 3. The van der Waals surface area contributed by atoms with E-state index in [1.165, 1.54) is 12.2 Å². The van der Waals surface area contributed by atoms with Crippen molar-refractivity contribution in [3.63, 3.8) is 0 Å². The minimum atomic E-state index is -1.20. The van der Waals surface area contributed by atoms with Crippen LogP contribution in [-0.4, -0.2) is 33.2 Å². The summed E-state index contributed by atoms with van der Waals surface area (Å²) in [5, 5.41) is 25.3. The fourth-order valence-electron chi connectivity index (χ4n) is 0.927. The third-order valence-electron chi connectivity index (χ3n) is 1.65. The molecule has 0 aromatic rings. The average molecular weight is 216 g/mol. The lowest BCUT2D eigenvalue weighted by Gasteiger charge is -2.05. The third-order valence-corrected chi connectivity index (χ3v) is 1.65. The standard InChI is InChI=1S/C9H12O6/c10-7(11)4-2-1-3-6(9(14)15)5-8(12)13/h1-2,6H,3-5H2,(H,10,11)(H,12,13)(H,14,15). The van der Waals surface area contributed by atoms with Crippen molar-refractivity contribution >= 4 is 17.9 Å². The van der Waals surface area contributed by atoms with Gasteiger partial charge in [0.25, 0.3) is 0 Å². The topological polar surface area (TPSA) is 112 Å². The number of carbonyl (C=O) groups is 3. The van der Waals surface area contributed by atoms with Gasteiger partial charge < -0.3 is 15.3 Å². The van der Waals surface area contributed by atoms with E-state index in [0.29, 0.717) is 0 Å². The van der Waals surface area contributed by atoms with Gasteiger partial charge in [-0.1, -0.05) is 12.2 Å². The molecule has 6 nitrogen and oxygen atoms in total. The molecule has 0 bridgehead atoms. The molecule has 1 atom stereocenters. The summed E-state index contributed by atoms with van der Waals surface area (Å²) < 4.78 is 0. The van der Waals surface area contributed by atoms with Crippen LogP contribution in [0.2, 0.25) is 0 Å². The van der Waals surface area contributed by atoms with E-state index in [2.05, 4.69) is 0 Å². The minimum absolute atomic E-state index is 0.0227. The van der Waals surface area contributed by atoms with Gasteiger partial charge >= 0.3 is 17.9 Å². The van der Waals surface area contributed by atoms with Crippen LogP contribution >= 0.6 is 0 Å². The number of aliphatic carboxylic acids is 3. The molecule has 3 N–H and O–H groups in total. The normalized spacial score (nSPS) is 12.5. The van der Waals surface area contributed by atoms with E-state index in [1.807, 2.05) is 0 Å². The molecule has 0 radical (unpaired) electrons. The molecule has 6 heteroatoms. The van der Waals surface area contributed by atoms with E-state index >= 15 is 0 Å². The first-order valence-electron chi connectivity index (χ1n) is 4.25. The Balaban J connectivity index is 4.07. The van der Waals surface area contributed by atoms with E-state index in [9.17, 15) is 14.4 Å². The van der Waals surface area contributed by atoms with Gasteiger partial charge in [-0.25, -0.2) is 0 Å². The van der Waals surface area contributed by atoms with Crippen molar-refractivity contribution < 1.29 is 29.7 Å². The SMILES string of the molecule is O=C(O)CC=CCC(CC(=O)O)C(=O)O. The Hall–Kier alpha value is -1.85. The second-order valence-corrected chi connectivity index (χ2v) is 2.94. The summed E-state index contributed by atoms with van der Waals surface area (Å²) in [5.41, 5.74) is 0. The van der Waals surface area contributed by atoms with E-state index < -0.39 is 30.2 Å². The molecule has 84 valence electrons. The Kier molecular flexibility index (Phi) is 5.77. The summed E-state index contributed by atoms with van der Waals surface area (Å²) in [6, 6.07) is 0. The highest BCUT2D eigenvalue weighted by molar-refractivity contribution is 5.77. The van der Waals surface area contributed by atoms with Crippen LogP contribution in [0.5, 0.6) is 0 Å². The second kappa shape index (κ2) is 6.58. The first-order chi connectivity index (χ1) is 6.93. The Bertz CT molecular complexity index is 280. The largest absolute Gasteiger partial charge is 0.481 e. The van der Waals surface area contributed by atoms with Crippen LogP contribution < -0.4 is 0 Å². The van der Waals surface area contributed by atoms with Crippen LogP contribution in [0.3, 0.4) is 0 Å². The second-order valence-electron chi connectivity index (χ2n) is 2.94. The Labute approximate surface area is 85.8 Å². The van der Waals surface area contributed by atoms with Crippen LogP contribution in [0.15, 0.2) is 12.2 Å². The number of carboxylic acids is 3. The summed E-state index contributed by atoms with van der Waals surface area (Å²) in [6.45, 7) is 0. The first-order valence-corrected chi connectivity index (χ1v) is 4.25. The maximum atomic E-state index is 10.5. The summed E-state index contributed by atoms with van der Waals surface area (Å²) in [5.74, 6) is -4.41. The molecule has 0 heterocycles. The zero-order chi connectivity index (χ0) is 11.8. The van der Waals surface area contributed by atoms with Crippen molar-refractivity contribution in [1.29, 1.82) is 0 Å². The Morgan fingerprint density at radius 3 is 2.00 bits per heavy atom. The van der Waals surface area contributed by atoms with E-state index in [0.717, 1.165) is 0 Å². The Morgan fingerprint density at radius 1 is 1.00 bits per heavy atom. The highest BCUT2D eigenvalue weighted by Crippen LogP contribution is 2.10. The maximum Gasteiger partial charge on any atom is 0.307 e. The summed E-state index contributed by atoms with van der Waals surface area (Å²) >= 11 is 0. The van der Waals surface area contributed by atoms with Gasteiger partial charge in [0.15, 0.2) is 0 Å². The molecular weight excluding hydrogens is 204 g/mol. The van der Waals surface area contributed by atoms with Gasteiger partial charge in [0.2, 0.25) is 0 Å². The highest BCUT2D eigenvalue weighted by atomic mass is 16.4. The van der Waals surface area contributed by atoms with Crippen LogP contribution in [0, 0.1) is 5.92 Å². The van der Waals surface area contributed by atoms with Crippen molar-refractivity contribution in [2.45, 2.75) is 19.3 Å². The van der Waals surface area contributed by atoms with Crippen LogP contribution in [0.25, 0.3) is 0 Å². The monoisotopic (exact) mass is 216 g/mol. The molecule has 0 aromatic carbocycles. The molecule has 0 saturated heterocycles. The van der Waals surface area contributed by atoms with E-state index in [1.54, 1.807) is 0 Å². The lowest BCUT2D eigenvalue weighted by atomic mass is 10.0. The molecule has 0 aliphatic rings. The smallest absolute Gasteiger partial charge is 0.307 e. The van der Waals surface area contributed by atoms with Gasteiger partial charge in [0.05, 0.1) is 18.8 Å². The lowest BCUT2D eigenvalue weighted by Crippen LogP contribution is -2.16. The predicted molar refractivity (Wildman–Crippen MR) is 49.4 cm³/mol. The lowest BCUT2D eigenvalue weighted by molar-refractivity contribution is -0.148. The predicted octanol–water partition coefficient (Wildman–Crippen LogP) is 0.583. The average Bonchev–Trinajstić information content (AvgIpc) is 2.08. The fourth-order valence-corrected chi connectivity index (χ4v) is 0.927. The molecule has 0 spiro atoms. The van der Waals surface area contributed by atoms with Gasteiger partial charge in [-0.3, -0.25) is 14.4 Å². The van der Waals surface area contributed by atoms with Crippen LogP contribution in [0.4, 0.5) is 0 Å². The summed E-state index contributed by atoms with van der Waals surface area (Å²) in [4.78, 5) is 30.9. The van der Waals surface area contributed by atoms with Crippen LogP contribution in [-0.2, 0) is 14.4 Å². The number of hydrogen-bond donors (Lipinski definition) is 3. The molecule has 15 heavy (non-hydrogen) atoms. The van der Waals surface area contributed by atoms with Crippen molar-refractivity contribution in [3.8, 4) is 0 Å². The van der Waals surface area contributed by atoms with Crippen molar-refractivity contribution in [3.05, 3.63) is 12.2 Å². The maximum absolute atomic E-state index is 10.5. The van der Waals surface area contributed by atoms with Gasteiger partial charge in [-0.15, -0.1) is 0 Å². The van der Waals surface area contributed by atoms with Gasteiger partial charge in [-0.05, 0) is 6.42 Å². The summed E-state index contributed by atoms with van der Waals surface area (Å²) in [7, 11) is 0. The van der Waals surface area contributed by atoms with Gasteiger partial charge in [0, 0.05) is 0 Å². The number of carboxylic acid groups (broad SMARTS) is 3. The van der Waals surface area contributed by atoms with Gasteiger partial charge in [0.1, 0.15) is 0 Å². The molecule has 0 aromatic heterocycles. The zero-order valence-electron chi connectivity index (χ0n) is 7.92. The Morgan fingerprint density at radius 2 is 1.60 bits per heavy atom. The molecule has 1 unspecified atom stereocenters. The molecule has 0 amide bonds. The third kappa shape index (κ3) is 7.24. The van der Waals surface area contributed by atoms with E-state index in [-0.39, 0.29) is 12.8 Å². The van der Waals surface area contributed by atoms with E-state index in [4.69, 9.17) is 15.3 Å².